The lowest BCUT2D eigenvalue weighted by atomic mass is 10.1. The second-order valence-electron chi connectivity index (χ2n) is 5.01. The lowest BCUT2D eigenvalue weighted by molar-refractivity contribution is 0.318. The highest BCUT2D eigenvalue weighted by Crippen LogP contribution is 2.14. The summed E-state index contributed by atoms with van der Waals surface area (Å²) in [5.41, 5.74) is 9.11. The van der Waals surface area contributed by atoms with Gasteiger partial charge in [-0.05, 0) is 37.2 Å². The van der Waals surface area contributed by atoms with Gasteiger partial charge in [0.05, 0.1) is 5.69 Å². The Morgan fingerprint density at radius 2 is 1.58 bits per heavy atom. The molecule has 0 unspecified atom stereocenters. The predicted octanol–water partition coefficient (Wildman–Crippen LogP) is 3.35. The molecule has 0 heterocycles. The van der Waals surface area contributed by atoms with E-state index < -0.39 is 0 Å². The number of rotatable bonds is 4. The normalized spacial score (nSPS) is 10.9. The quantitative estimate of drug-likeness (QED) is 0.852. The third-order valence-corrected chi connectivity index (χ3v) is 3.09. The predicted molar refractivity (Wildman–Crippen MR) is 77.2 cm³/mol. The van der Waals surface area contributed by atoms with Gasteiger partial charge < -0.3 is 5.73 Å². The highest BCUT2D eigenvalue weighted by Gasteiger charge is 2.04. The molecule has 0 aliphatic carbocycles. The van der Waals surface area contributed by atoms with E-state index in [-0.39, 0.29) is 11.5 Å². The fourth-order valence-corrected chi connectivity index (χ4v) is 2.04. The van der Waals surface area contributed by atoms with E-state index in [0.717, 1.165) is 12.1 Å². The van der Waals surface area contributed by atoms with E-state index >= 15 is 0 Å². The van der Waals surface area contributed by atoms with Crippen molar-refractivity contribution in [3.8, 4) is 0 Å². The van der Waals surface area contributed by atoms with Crippen LogP contribution in [-0.4, -0.2) is 11.9 Å². The Kier molecular flexibility index (Phi) is 4.17. The van der Waals surface area contributed by atoms with E-state index in [1.807, 2.05) is 13.1 Å². The minimum atomic E-state index is -0.346. The van der Waals surface area contributed by atoms with E-state index in [4.69, 9.17) is 5.73 Å². The highest BCUT2D eigenvalue weighted by molar-refractivity contribution is 5.41. The number of benzene rings is 2. The van der Waals surface area contributed by atoms with Crippen LogP contribution in [0.3, 0.4) is 0 Å². The summed E-state index contributed by atoms with van der Waals surface area (Å²) in [6.45, 7) is 3.61. The Hall–Kier alpha value is -1.87. The van der Waals surface area contributed by atoms with Crippen LogP contribution in [0.4, 0.5) is 10.1 Å². The van der Waals surface area contributed by atoms with E-state index in [1.165, 1.54) is 17.2 Å². The molecule has 2 aromatic rings. The van der Waals surface area contributed by atoms with Crippen LogP contribution in [0.15, 0.2) is 42.5 Å². The molecule has 3 heteroatoms. The van der Waals surface area contributed by atoms with Gasteiger partial charge in [-0.25, -0.2) is 4.39 Å². The van der Waals surface area contributed by atoms with E-state index in [1.54, 1.807) is 6.07 Å². The van der Waals surface area contributed by atoms with Gasteiger partial charge in [0.25, 0.3) is 0 Å². The third-order valence-electron chi connectivity index (χ3n) is 3.09. The Bertz CT molecular complexity index is 549. The van der Waals surface area contributed by atoms with Gasteiger partial charge in [-0.2, -0.15) is 0 Å². The molecular weight excluding hydrogens is 239 g/mol. The Morgan fingerprint density at radius 1 is 1.00 bits per heavy atom. The zero-order chi connectivity index (χ0) is 13.8. The Balaban J connectivity index is 1.98. The molecular formula is C16H19FN2. The molecule has 0 fully saturated rings. The van der Waals surface area contributed by atoms with Crippen molar-refractivity contribution in [1.82, 2.24) is 4.90 Å². The number of anilines is 1. The van der Waals surface area contributed by atoms with Crippen molar-refractivity contribution in [2.75, 3.05) is 12.8 Å². The summed E-state index contributed by atoms with van der Waals surface area (Å²) in [6.07, 6.45) is 0. The molecule has 2 aromatic carbocycles. The van der Waals surface area contributed by atoms with Gasteiger partial charge in [0.1, 0.15) is 5.82 Å². The summed E-state index contributed by atoms with van der Waals surface area (Å²) in [7, 11) is 2.02. The molecule has 0 atom stereocenters. The molecule has 100 valence electrons. The maximum Gasteiger partial charge on any atom is 0.146 e. The number of aryl methyl sites for hydroxylation is 1. The van der Waals surface area contributed by atoms with Gasteiger partial charge in [0.15, 0.2) is 0 Å². The largest absolute Gasteiger partial charge is 0.396 e. The van der Waals surface area contributed by atoms with Crippen LogP contribution in [0.2, 0.25) is 0 Å². The summed E-state index contributed by atoms with van der Waals surface area (Å²) in [5.74, 6) is -0.346. The average molecular weight is 258 g/mol. The van der Waals surface area contributed by atoms with Gasteiger partial charge in [0, 0.05) is 13.1 Å². The first-order chi connectivity index (χ1) is 9.04. The summed E-state index contributed by atoms with van der Waals surface area (Å²) >= 11 is 0. The van der Waals surface area contributed by atoms with Gasteiger partial charge in [-0.3, -0.25) is 4.90 Å². The second-order valence-corrected chi connectivity index (χ2v) is 5.01. The molecule has 0 saturated heterocycles. The number of nitrogens with two attached hydrogens (primary N) is 1. The summed E-state index contributed by atoms with van der Waals surface area (Å²) in [5, 5.41) is 0. The summed E-state index contributed by atoms with van der Waals surface area (Å²) in [4.78, 5) is 2.15. The summed E-state index contributed by atoms with van der Waals surface area (Å²) in [6, 6.07) is 13.4. The first-order valence-corrected chi connectivity index (χ1v) is 6.32. The Labute approximate surface area is 113 Å². The van der Waals surface area contributed by atoms with Crippen LogP contribution in [-0.2, 0) is 13.1 Å². The molecule has 2 rings (SSSR count). The molecule has 0 aromatic heterocycles. The van der Waals surface area contributed by atoms with Crippen molar-refractivity contribution in [1.29, 1.82) is 0 Å². The van der Waals surface area contributed by atoms with Gasteiger partial charge >= 0.3 is 0 Å². The molecule has 2 N–H and O–H groups in total. The summed E-state index contributed by atoms with van der Waals surface area (Å²) < 4.78 is 13.4. The molecule has 0 radical (unpaired) electrons. The monoisotopic (exact) mass is 258 g/mol. The zero-order valence-electron chi connectivity index (χ0n) is 11.4. The molecule has 0 aliphatic heterocycles. The van der Waals surface area contributed by atoms with Crippen molar-refractivity contribution < 1.29 is 4.39 Å². The highest BCUT2D eigenvalue weighted by atomic mass is 19.1. The third kappa shape index (κ3) is 3.80. The smallest absolute Gasteiger partial charge is 0.146 e. The Morgan fingerprint density at radius 3 is 2.21 bits per heavy atom. The van der Waals surface area contributed by atoms with Gasteiger partial charge in [-0.15, -0.1) is 0 Å². The van der Waals surface area contributed by atoms with Crippen LogP contribution in [0.25, 0.3) is 0 Å². The van der Waals surface area contributed by atoms with E-state index in [0.29, 0.717) is 6.54 Å². The van der Waals surface area contributed by atoms with Crippen LogP contribution in [0, 0.1) is 12.7 Å². The van der Waals surface area contributed by atoms with Crippen LogP contribution in [0.1, 0.15) is 16.7 Å². The molecule has 2 nitrogen and oxygen atoms in total. The maximum atomic E-state index is 13.4. The van der Waals surface area contributed by atoms with E-state index in [9.17, 15) is 4.39 Å². The first kappa shape index (κ1) is 13.6. The molecule has 0 aliphatic rings. The van der Waals surface area contributed by atoms with Crippen molar-refractivity contribution in [3.63, 3.8) is 0 Å². The molecule has 0 spiro atoms. The average Bonchev–Trinajstić information content (AvgIpc) is 2.37. The van der Waals surface area contributed by atoms with Crippen molar-refractivity contribution in [3.05, 3.63) is 65.0 Å². The lowest BCUT2D eigenvalue weighted by Crippen LogP contribution is -2.17. The number of halogens is 1. The second kappa shape index (κ2) is 5.85. The molecule has 19 heavy (non-hydrogen) atoms. The molecule has 0 amide bonds. The van der Waals surface area contributed by atoms with Crippen molar-refractivity contribution in [2.45, 2.75) is 20.0 Å². The first-order valence-electron chi connectivity index (χ1n) is 6.32. The number of hydrogen-bond donors (Lipinski definition) is 1. The van der Waals surface area contributed by atoms with Crippen LogP contribution in [0.5, 0.6) is 0 Å². The minimum absolute atomic E-state index is 0.199. The van der Waals surface area contributed by atoms with Crippen LogP contribution < -0.4 is 5.73 Å². The lowest BCUT2D eigenvalue weighted by Gasteiger charge is -2.17. The maximum absolute atomic E-state index is 13.4. The topological polar surface area (TPSA) is 29.3 Å². The fourth-order valence-electron chi connectivity index (χ4n) is 2.04. The fraction of sp³-hybridized carbons (Fsp3) is 0.250. The molecule has 0 saturated carbocycles. The SMILES string of the molecule is Cc1ccc(CN(C)Cc2ccc(N)c(F)c2)cc1. The number of hydrogen-bond acceptors (Lipinski definition) is 2. The van der Waals surface area contributed by atoms with E-state index in [2.05, 4.69) is 36.1 Å². The van der Waals surface area contributed by atoms with Gasteiger partial charge in [0.2, 0.25) is 0 Å². The minimum Gasteiger partial charge on any atom is -0.396 e. The zero-order valence-corrected chi connectivity index (χ0v) is 11.4. The van der Waals surface area contributed by atoms with Crippen LogP contribution >= 0.6 is 0 Å². The standard InChI is InChI=1S/C16H19FN2/c1-12-3-5-13(6-4-12)10-19(2)11-14-7-8-16(18)15(17)9-14/h3-9H,10-11,18H2,1-2H3. The number of nitrogen functional groups attached to an aromatic ring is 1. The van der Waals surface area contributed by atoms with Crippen molar-refractivity contribution in [2.24, 2.45) is 0 Å². The van der Waals surface area contributed by atoms with Gasteiger partial charge in [-0.1, -0.05) is 35.9 Å². The van der Waals surface area contributed by atoms with Crippen molar-refractivity contribution >= 4 is 5.69 Å². The number of nitrogens with zero attached hydrogens (tertiary/aromatic N) is 1. The molecule has 0 bridgehead atoms.